The first-order chi connectivity index (χ1) is 9.17. The lowest BCUT2D eigenvalue weighted by Gasteiger charge is -2.19. The van der Waals surface area contributed by atoms with Crippen LogP contribution in [-0.2, 0) is 6.42 Å². The molecule has 0 heterocycles. The largest absolute Gasteiger partial charge is 0.313 e. The summed E-state index contributed by atoms with van der Waals surface area (Å²) in [5.74, 6) is 2.41. The van der Waals surface area contributed by atoms with Crippen LogP contribution in [-0.4, -0.2) is 24.1 Å². The van der Waals surface area contributed by atoms with E-state index < -0.39 is 0 Å². The molecule has 0 amide bonds. The van der Waals surface area contributed by atoms with Gasteiger partial charge in [-0.25, -0.2) is 0 Å². The second-order valence-corrected chi connectivity index (χ2v) is 6.58. The van der Waals surface area contributed by atoms with E-state index in [1.807, 2.05) is 11.8 Å². The molecule has 1 nitrogen and oxygen atoms in total. The third-order valence-electron chi connectivity index (χ3n) is 3.03. The van der Waals surface area contributed by atoms with E-state index in [1.54, 1.807) is 0 Å². The number of hydrogen-bond donors (Lipinski definition) is 1. The second-order valence-electron chi connectivity index (χ2n) is 5.02. The van der Waals surface area contributed by atoms with Gasteiger partial charge in [0.1, 0.15) is 0 Å². The highest BCUT2D eigenvalue weighted by Crippen LogP contribution is 2.20. The van der Waals surface area contributed by atoms with Crippen LogP contribution in [0.25, 0.3) is 0 Å². The van der Waals surface area contributed by atoms with Gasteiger partial charge in [0, 0.05) is 16.8 Å². The SMILES string of the molecule is CCCNC(CSCCC)Cc1ccc(C)cc1Cl. The van der Waals surface area contributed by atoms with Crippen molar-refractivity contribution in [3.63, 3.8) is 0 Å². The summed E-state index contributed by atoms with van der Waals surface area (Å²) in [4.78, 5) is 0. The Hall–Kier alpha value is -0.180. The first-order valence-electron chi connectivity index (χ1n) is 7.23. The van der Waals surface area contributed by atoms with Crippen LogP contribution in [0.1, 0.15) is 37.8 Å². The fourth-order valence-corrected chi connectivity index (χ4v) is 3.28. The highest BCUT2D eigenvalue weighted by Gasteiger charge is 2.11. The van der Waals surface area contributed by atoms with Crippen LogP contribution in [0.3, 0.4) is 0 Å². The van der Waals surface area contributed by atoms with E-state index in [1.165, 1.54) is 29.7 Å². The molecule has 3 heteroatoms. The molecule has 0 radical (unpaired) electrons. The fourth-order valence-electron chi connectivity index (χ4n) is 1.99. The summed E-state index contributed by atoms with van der Waals surface area (Å²) in [5, 5.41) is 4.55. The molecular formula is C16H26ClNS. The molecule has 0 aliphatic rings. The van der Waals surface area contributed by atoms with Crippen molar-refractivity contribution in [2.24, 2.45) is 0 Å². The molecule has 1 rings (SSSR count). The van der Waals surface area contributed by atoms with E-state index in [4.69, 9.17) is 11.6 Å². The number of thioether (sulfide) groups is 1. The van der Waals surface area contributed by atoms with Crippen LogP contribution < -0.4 is 5.32 Å². The number of nitrogens with one attached hydrogen (secondary N) is 1. The van der Waals surface area contributed by atoms with Crippen molar-refractivity contribution in [1.82, 2.24) is 5.32 Å². The van der Waals surface area contributed by atoms with Gasteiger partial charge in [0.25, 0.3) is 0 Å². The molecule has 1 atom stereocenters. The van der Waals surface area contributed by atoms with Crippen molar-refractivity contribution in [2.45, 2.75) is 46.1 Å². The Bertz CT molecular complexity index is 368. The van der Waals surface area contributed by atoms with Gasteiger partial charge in [0.15, 0.2) is 0 Å². The lowest BCUT2D eigenvalue weighted by molar-refractivity contribution is 0.550. The molecule has 0 aliphatic heterocycles. The summed E-state index contributed by atoms with van der Waals surface area (Å²) < 4.78 is 0. The maximum Gasteiger partial charge on any atom is 0.0441 e. The summed E-state index contributed by atoms with van der Waals surface area (Å²) >= 11 is 8.37. The first-order valence-corrected chi connectivity index (χ1v) is 8.76. The average molecular weight is 300 g/mol. The van der Waals surface area contributed by atoms with E-state index in [-0.39, 0.29) is 0 Å². The zero-order valence-corrected chi connectivity index (χ0v) is 13.9. The Labute approximate surface area is 127 Å². The maximum atomic E-state index is 6.33. The summed E-state index contributed by atoms with van der Waals surface area (Å²) in [6.45, 7) is 7.61. The van der Waals surface area contributed by atoms with Crippen LogP contribution in [0, 0.1) is 6.92 Å². The predicted octanol–water partition coefficient (Wildman–Crippen LogP) is 4.70. The maximum absolute atomic E-state index is 6.33. The number of aryl methyl sites for hydroxylation is 1. The van der Waals surface area contributed by atoms with Crippen molar-refractivity contribution in [2.75, 3.05) is 18.1 Å². The Morgan fingerprint density at radius 2 is 2.05 bits per heavy atom. The predicted molar refractivity (Wildman–Crippen MR) is 89.6 cm³/mol. The molecule has 1 unspecified atom stereocenters. The summed E-state index contributed by atoms with van der Waals surface area (Å²) in [5.41, 5.74) is 2.49. The Morgan fingerprint density at radius 1 is 1.26 bits per heavy atom. The standard InChI is InChI=1S/C16H26ClNS/c1-4-8-18-15(12-19-9-5-2)11-14-7-6-13(3)10-16(14)17/h6-7,10,15,18H,4-5,8-9,11-12H2,1-3H3. The number of benzene rings is 1. The zero-order valence-electron chi connectivity index (χ0n) is 12.3. The van der Waals surface area contributed by atoms with Gasteiger partial charge < -0.3 is 5.32 Å². The summed E-state index contributed by atoms with van der Waals surface area (Å²) in [6.07, 6.45) is 3.45. The highest BCUT2D eigenvalue weighted by molar-refractivity contribution is 7.99. The zero-order chi connectivity index (χ0) is 14.1. The van der Waals surface area contributed by atoms with E-state index in [0.717, 1.165) is 23.7 Å². The van der Waals surface area contributed by atoms with Crippen molar-refractivity contribution < 1.29 is 0 Å². The minimum Gasteiger partial charge on any atom is -0.313 e. The van der Waals surface area contributed by atoms with Crippen LogP contribution >= 0.6 is 23.4 Å². The molecule has 0 saturated carbocycles. The first kappa shape index (κ1) is 16.9. The van der Waals surface area contributed by atoms with Gasteiger partial charge in [-0.2, -0.15) is 11.8 Å². The molecule has 0 aromatic heterocycles. The van der Waals surface area contributed by atoms with E-state index in [0.29, 0.717) is 6.04 Å². The lowest BCUT2D eigenvalue weighted by Crippen LogP contribution is -2.34. The molecule has 0 aliphatic carbocycles. The molecule has 0 fully saturated rings. The van der Waals surface area contributed by atoms with Crippen molar-refractivity contribution >= 4 is 23.4 Å². The molecule has 0 saturated heterocycles. The van der Waals surface area contributed by atoms with Gasteiger partial charge in [-0.1, -0.05) is 37.6 Å². The van der Waals surface area contributed by atoms with Gasteiger partial charge in [0.05, 0.1) is 0 Å². The van der Waals surface area contributed by atoms with Crippen LogP contribution in [0.4, 0.5) is 0 Å². The van der Waals surface area contributed by atoms with Gasteiger partial charge >= 0.3 is 0 Å². The fraction of sp³-hybridized carbons (Fsp3) is 0.625. The van der Waals surface area contributed by atoms with Gasteiger partial charge in [-0.05, 0) is 55.7 Å². The molecule has 19 heavy (non-hydrogen) atoms. The van der Waals surface area contributed by atoms with Crippen molar-refractivity contribution in [1.29, 1.82) is 0 Å². The molecule has 0 spiro atoms. The smallest absolute Gasteiger partial charge is 0.0441 e. The molecule has 1 aromatic carbocycles. The Kier molecular flexibility index (Phi) is 8.60. The van der Waals surface area contributed by atoms with Crippen LogP contribution in [0.5, 0.6) is 0 Å². The van der Waals surface area contributed by atoms with Gasteiger partial charge in [-0.3, -0.25) is 0 Å². The number of hydrogen-bond acceptors (Lipinski definition) is 2. The van der Waals surface area contributed by atoms with Crippen molar-refractivity contribution in [3.8, 4) is 0 Å². The minimum atomic E-state index is 0.525. The van der Waals surface area contributed by atoms with Crippen LogP contribution in [0.2, 0.25) is 5.02 Å². The summed E-state index contributed by atoms with van der Waals surface area (Å²) in [6, 6.07) is 6.91. The number of halogens is 1. The normalized spacial score (nSPS) is 12.6. The molecule has 0 bridgehead atoms. The lowest BCUT2D eigenvalue weighted by atomic mass is 10.1. The monoisotopic (exact) mass is 299 g/mol. The van der Waals surface area contributed by atoms with E-state index in [2.05, 4.69) is 44.3 Å². The average Bonchev–Trinajstić information content (AvgIpc) is 2.39. The number of rotatable bonds is 9. The molecule has 1 aromatic rings. The third-order valence-corrected chi connectivity index (χ3v) is 4.71. The van der Waals surface area contributed by atoms with E-state index >= 15 is 0 Å². The molecule has 1 N–H and O–H groups in total. The Balaban J connectivity index is 2.58. The highest BCUT2D eigenvalue weighted by atomic mass is 35.5. The topological polar surface area (TPSA) is 12.0 Å². The minimum absolute atomic E-state index is 0.525. The molecule has 108 valence electrons. The van der Waals surface area contributed by atoms with E-state index in [9.17, 15) is 0 Å². The van der Waals surface area contributed by atoms with Gasteiger partial charge in [-0.15, -0.1) is 0 Å². The second kappa shape index (κ2) is 9.68. The quantitative estimate of drug-likeness (QED) is 0.663. The summed E-state index contributed by atoms with van der Waals surface area (Å²) in [7, 11) is 0. The van der Waals surface area contributed by atoms with Crippen LogP contribution in [0.15, 0.2) is 18.2 Å². The Morgan fingerprint density at radius 3 is 2.68 bits per heavy atom. The molecular weight excluding hydrogens is 274 g/mol. The third kappa shape index (κ3) is 6.69. The van der Waals surface area contributed by atoms with Crippen molar-refractivity contribution in [3.05, 3.63) is 34.3 Å². The van der Waals surface area contributed by atoms with Gasteiger partial charge in [0.2, 0.25) is 0 Å².